The van der Waals surface area contributed by atoms with Crippen LogP contribution in [-0.2, 0) is 12.3 Å². The lowest BCUT2D eigenvalue weighted by atomic mass is 9.87. The Bertz CT molecular complexity index is 389. The van der Waals surface area contributed by atoms with Crippen molar-refractivity contribution >= 4 is 17.4 Å². The molecular weight excluding hydrogens is 256 g/mol. The Morgan fingerprint density at radius 2 is 1.95 bits per heavy atom. The minimum absolute atomic E-state index is 0.568. The molecule has 3 heteroatoms. The number of pyridine rings is 1. The minimum Gasteiger partial charge on any atom is -0.357 e. The van der Waals surface area contributed by atoms with E-state index in [4.69, 9.17) is 16.6 Å². The number of aromatic nitrogens is 1. The Balaban J connectivity index is 2.15. The van der Waals surface area contributed by atoms with E-state index in [0.29, 0.717) is 11.9 Å². The molecule has 0 amide bonds. The van der Waals surface area contributed by atoms with Crippen molar-refractivity contribution in [2.45, 2.75) is 57.9 Å². The van der Waals surface area contributed by atoms with Gasteiger partial charge in [0.2, 0.25) is 0 Å². The number of hydrogen-bond donors (Lipinski definition) is 0. The van der Waals surface area contributed by atoms with Crippen molar-refractivity contribution in [2.24, 2.45) is 5.92 Å². The summed E-state index contributed by atoms with van der Waals surface area (Å²) in [6.07, 6.45) is 6.21. The predicted molar refractivity (Wildman–Crippen MR) is 83.0 cm³/mol. The molecule has 2 nitrogen and oxygen atoms in total. The van der Waals surface area contributed by atoms with E-state index >= 15 is 0 Å². The maximum absolute atomic E-state index is 5.99. The van der Waals surface area contributed by atoms with Gasteiger partial charge in [0.1, 0.15) is 5.82 Å². The summed E-state index contributed by atoms with van der Waals surface area (Å²) in [7, 11) is 2.18. The molecule has 0 bridgehead atoms. The molecule has 0 saturated heterocycles. The van der Waals surface area contributed by atoms with Crippen LogP contribution < -0.4 is 4.90 Å². The smallest absolute Gasteiger partial charge is 0.129 e. The van der Waals surface area contributed by atoms with Crippen molar-refractivity contribution < 1.29 is 0 Å². The fourth-order valence-corrected chi connectivity index (χ4v) is 3.04. The summed E-state index contributed by atoms with van der Waals surface area (Å²) in [6.45, 7) is 4.50. The van der Waals surface area contributed by atoms with Crippen LogP contribution in [0.4, 0.5) is 5.82 Å². The van der Waals surface area contributed by atoms with Crippen molar-refractivity contribution in [3.63, 3.8) is 0 Å². The van der Waals surface area contributed by atoms with Crippen LogP contribution in [0.25, 0.3) is 0 Å². The Labute approximate surface area is 122 Å². The topological polar surface area (TPSA) is 16.1 Å². The van der Waals surface area contributed by atoms with Gasteiger partial charge >= 0.3 is 0 Å². The van der Waals surface area contributed by atoms with Gasteiger partial charge in [0.25, 0.3) is 0 Å². The summed E-state index contributed by atoms with van der Waals surface area (Å²) in [5.41, 5.74) is 2.32. The zero-order valence-corrected chi connectivity index (χ0v) is 13.1. The summed E-state index contributed by atoms with van der Waals surface area (Å²) >= 11 is 5.99. The van der Waals surface area contributed by atoms with Gasteiger partial charge in [-0.05, 0) is 55.7 Å². The number of halogens is 1. The van der Waals surface area contributed by atoms with E-state index < -0.39 is 0 Å². The molecule has 1 heterocycles. The Hall–Kier alpha value is -0.760. The van der Waals surface area contributed by atoms with Crippen molar-refractivity contribution in [2.75, 3.05) is 11.9 Å². The van der Waals surface area contributed by atoms with Crippen LogP contribution in [0.5, 0.6) is 0 Å². The Morgan fingerprint density at radius 3 is 2.53 bits per heavy atom. The van der Waals surface area contributed by atoms with Crippen LogP contribution in [0.2, 0.25) is 0 Å². The van der Waals surface area contributed by atoms with Crippen LogP contribution in [0.15, 0.2) is 12.1 Å². The number of nitrogens with zero attached hydrogens (tertiary/aromatic N) is 2. The zero-order chi connectivity index (χ0) is 13.8. The van der Waals surface area contributed by atoms with Crippen molar-refractivity contribution in [3.05, 3.63) is 23.4 Å². The molecule has 1 saturated carbocycles. The van der Waals surface area contributed by atoms with Crippen LogP contribution >= 0.6 is 11.6 Å². The molecule has 1 aliphatic carbocycles. The first-order chi connectivity index (χ1) is 9.13. The van der Waals surface area contributed by atoms with E-state index in [0.717, 1.165) is 23.9 Å². The lowest BCUT2D eigenvalue weighted by molar-refractivity contribution is 0.340. The van der Waals surface area contributed by atoms with Crippen LogP contribution in [0, 0.1) is 5.92 Å². The number of rotatable bonds is 4. The maximum Gasteiger partial charge on any atom is 0.129 e. The number of aryl methyl sites for hydroxylation is 1. The van der Waals surface area contributed by atoms with E-state index in [1.165, 1.54) is 31.2 Å². The quantitative estimate of drug-likeness (QED) is 0.760. The lowest BCUT2D eigenvalue weighted by Crippen LogP contribution is -2.35. The van der Waals surface area contributed by atoms with Crippen molar-refractivity contribution in [1.82, 2.24) is 4.98 Å². The second kappa shape index (κ2) is 6.60. The largest absolute Gasteiger partial charge is 0.357 e. The molecule has 2 rings (SSSR count). The Kier molecular flexibility index (Phi) is 5.09. The van der Waals surface area contributed by atoms with Crippen molar-refractivity contribution in [3.8, 4) is 0 Å². The number of alkyl halides is 1. The average Bonchev–Trinajstić information content (AvgIpc) is 2.46. The van der Waals surface area contributed by atoms with Gasteiger partial charge in [-0.25, -0.2) is 4.98 Å². The molecule has 1 fully saturated rings. The molecule has 1 aromatic heterocycles. The van der Waals surface area contributed by atoms with Crippen LogP contribution in [0.1, 0.15) is 50.8 Å². The highest BCUT2D eigenvalue weighted by atomic mass is 35.5. The van der Waals surface area contributed by atoms with Crippen LogP contribution in [-0.4, -0.2) is 18.1 Å². The molecule has 0 aromatic carbocycles. The molecule has 1 aliphatic rings. The third kappa shape index (κ3) is 3.62. The van der Waals surface area contributed by atoms with Crippen molar-refractivity contribution in [1.29, 1.82) is 0 Å². The third-order valence-corrected chi connectivity index (χ3v) is 4.64. The highest BCUT2D eigenvalue weighted by molar-refractivity contribution is 6.17. The highest BCUT2D eigenvalue weighted by Crippen LogP contribution is 2.29. The first-order valence-corrected chi connectivity index (χ1v) is 7.96. The van der Waals surface area contributed by atoms with Gasteiger partial charge in [0, 0.05) is 24.7 Å². The standard InChI is InChI=1S/C16H25ClN2/c1-4-14-9-13(11-17)10-16(18-14)19(3)15-7-5-12(2)6-8-15/h9-10,12,15H,4-8,11H2,1-3H3. The lowest BCUT2D eigenvalue weighted by Gasteiger charge is -2.34. The summed E-state index contributed by atoms with van der Waals surface area (Å²) in [4.78, 5) is 7.12. The molecular formula is C16H25ClN2. The first-order valence-electron chi connectivity index (χ1n) is 7.42. The van der Waals surface area contributed by atoms with Gasteiger partial charge < -0.3 is 4.90 Å². The molecule has 106 valence electrons. The van der Waals surface area contributed by atoms with E-state index in [-0.39, 0.29) is 0 Å². The molecule has 19 heavy (non-hydrogen) atoms. The summed E-state index contributed by atoms with van der Waals surface area (Å²) in [5, 5.41) is 0. The number of anilines is 1. The van der Waals surface area contributed by atoms with E-state index in [1.807, 2.05) is 0 Å². The Morgan fingerprint density at radius 1 is 1.26 bits per heavy atom. The fourth-order valence-electron chi connectivity index (χ4n) is 2.89. The van der Waals surface area contributed by atoms with E-state index in [1.54, 1.807) is 0 Å². The molecule has 0 radical (unpaired) electrons. The fraction of sp³-hybridized carbons (Fsp3) is 0.688. The van der Waals surface area contributed by atoms with Gasteiger partial charge in [-0.3, -0.25) is 0 Å². The van der Waals surface area contributed by atoms with E-state index in [9.17, 15) is 0 Å². The second-order valence-electron chi connectivity index (χ2n) is 5.84. The molecule has 1 aromatic rings. The van der Waals surface area contributed by atoms with Gasteiger partial charge in [-0.15, -0.1) is 11.6 Å². The predicted octanol–water partition coefficient (Wildman–Crippen LogP) is 4.40. The number of hydrogen-bond acceptors (Lipinski definition) is 2. The van der Waals surface area contributed by atoms with Gasteiger partial charge in [0.15, 0.2) is 0 Å². The monoisotopic (exact) mass is 280 g/mol. The summed E-state index contributed by atoms with van der Waals surface area (Å²) in [5.74, 6) is 2.55. The average molecular weight is 281 g/mol. The SMILES string of the molecule is CCc1cc(CCl)cc(N(C)C2CCC(C)CC2)n1. The second-order valence-corrected chi connectivity index (χ2v) is 6.10. The molecule has 0 N–H and O–H groups in total. The first kappa shape index (κ1) is 14.6. The van der Waals surface area contributed by atoms with Crippen LogP contribution in [0.3, 0.4) is 0 Å². The molecule has 0 atom stereocenters. The minimum atomic E-state index is 0.568. The van der Waals surface area contributed by atoms with Gasteiger partial charge in [0.05, 0.1) is 0 Å². The zero-order valence-electron chi connectivity index (χ0n) is 12.3. The molecule has 0 aliphatic heterocycles. The summed E-state index contributed by atoms with van der Waals surface area (Å²) < 4.78 is 0. The highest BCUT2D eigenvalue weighted by Gasteiger charge is 2.22. The van der Waals surface area contributed by atoms with Gasteiger partial charge in [-0.2, -0.15) is 0 Å². The normalized spacial score (nSPS) is 23.4. The molecule has 0 unspecified atom stereocenters. The molecule has 0 spiro atoms. The van der Waals surface area contributed by atoms with Gasteiger partial charge in [-0.1, -0.05) is 13.8 Å². The van der Waals surface area contributed by atoms with E-state index in [2.05, 4.69) is 37.9 Å². The summed E-state index contributed by atoms with van der Waals surface area (Å²) in [6, 6.07) is 4.90. The maximum atomic E-state index is 5.99. The third-order valence-electron chi connectivity index (χ3n) is 4.34.